The van der Waals surface area contributed by atoms with Crippen LogP contribution in [0.15, 0.2) is 12.7 Å². The Morgan fingerprint density at radius 3 is 1.24 bits per heavy atom. The van der Waals surface area contributed by atoms with Crippen LogP contribution in [-0.4, -0.2) is 20.9 Å². The van der Waals surface area contributed by atoms with E-state index in [-0.39, 0.29) is 0 Å². The third-order valence-electron chi connectivity index (χ3n) is 4.90. The van der Waals surface area contributed by atoms with Crippen LogP contribution >= 0.6 is 0 Å². The minimum absolute atomic E-state index is 0.359. The normalized spacial score (nSPS) is 10.6. The molecule has 1 amide bonds. The van der Waals surface area contributed by atoms with Gasteiger partial charge >= 0.3 is 0 Å². The zero-order chi connectivity index (χ0) is 22.0. The number of rotatable bonds is 21. The molecule has 0 aliphatic heterocycles. The highest BCUT2D eigenvalue weighted by Gasteiger charge is 1.95. The predicted octanol–water partition coefficient (Wildman–Crippen LogP) is 6.23. The van der Waals surface area contributed by atoms with E-state index >= 15 is 0 Å². The van der Waals surface area contributed by atoms with E-state index in [1.807, 2.05) is 0 Å². The summed E-state index contributed by atoms with van der Waals surface area (Å²) in [7, 11) is -2.65. The summed E-state index contributed by atoms with van der Waals surface area (Å²) in [5, 5.41) is 0. The van der Waals surface area contributed by atoms with Gasteiger partial charge in [-0.15, -0.1) is 0 Å². The highest BCUT2D eigenvalue weighted by atomic mass is 32.2. The minimum Gasteiger partial charge on any atom is -0.366 e. The maximum atomic E-state index is 10.2. The number of hydrogen-bond donors (Lipinski definition) is 2. The molecule has 2 N–H and O–H groups in total. The van der Waals surface area contributed by atoms with Gasteiger partial charge in [0, 0.05) is 0 Å². The summed E-state index contributed by atoms with van der Waals surface area (Å²) < 4.78 is 24.9. The Balaban J connectivity index is 0. The summed E-state index contributed by atoms with van der Waals surface area (Å²) in [5.41, 5.74) is 4.53. The van der Waals surface area contributed by atoms with Crippen molar-refractivity contribution in [2.75, 3.05) is 6.61 Å². The molecule has 0 spiro atoms. The van der Waals surface area contributed by atoms with Gasteiger partial charge in [0.05, 0.1) is 6.61 Å². The second-order valence-electron chi connectivity index (χ2n) is 7.67. The molecule has 0 rings (SSSR count). The highest BCUT2D eigenvalue weighted by Crippen LogP contribution is 2.14. The van der Waals surface area contributed by atoms with E-state index in [9.17, 15) is 13.2 Å². The molecule has 0 bridgehead atoms. The van der Waals surface area contributed by atoms with Crippen molar-refractivity contribution in [2.24, 2.45) is 5.73 Å². The standard InChI is InChI=1S/C20H42O3S.C3H5NO/c1-2-3-4-5-6-7-8-9-10-11-12-13-14-15-16-17-18-19-20-23-24(21)22;1-2-3(4)5/h24H,2-20H2,1H3;2H,1H2,(H2,4,5). The lowest BCUT2D eigenvalue weighted by molar-refractivity contribution is -0.113. The number of hydrogen-bond acceptors (Lipinski definition) is 4. The molecule has 0 aromatic heterocycles. The molecule has 0 aliphatic rings. The predicted molar refractivity (Wildman–Crippen MR) is 124 cm³/mol. The molecule has 0 unspecified atom stereocenters. The first kappa shape index (κ1) is 30.3. The lowest BCUT2D eigenvalue weighted by atomic mass is 10.0. The molecule has 0 saturated carbocycles. The fourth-order valence-corrected chi connectivity index (χ4v) is 3.42. The number of primary amides is 1. The molecule has 0 aromatic rings. The van der Waals surface area contributed by atoms with Crippen molar-refractivity contribution in [3.8, 4) is 0 Å². The molecule has 5 nitrogen and oxygen atoms in total. The lowest BCUT2D eigenvalue weighted by Crippen LogP contribution is -2.04. The first-order chi connectivity index (χ1) is 14.0. The Labute approximate surface area is 182 Å². The van der Waals surface area contributed by atoms with E-state index in [1.165, 1.54) is 103 Å². The van der Waals surface area contributed by atoms with Gasteiger partial charge in [0.25, 0.3) is 11.0 Å². The van der Waals surface area contributed by atoms with Crippen LogP contribution in [0.1, 0.15) is 122 Å². The van der Waals surface area contributed by atoms with Crippen molar-refractivity contribution in [3.63, 3.8) is 0 Å². The number of carbonyl (C=O) groups is 1. The third-order valence-corrected chi connectivity index (χ3v) is 5.29. The molecule has 0 atom stereocenters. The summed E-state index contributed by atoms with van der Waals surface area (Å²) in [5.74, 6) is -0.481. The number of unbranched alkanes of at least 4 members (excludes halogenated alkanes) is 17. The topological polar surface area (TPSA) is 86.5 Å². The molecular formula is C23H47NO4S. The van der Waals surface area contributed by atoms with Crippen molar-refractivity contribution in [1.29, 1.82) is 0 Å². The van der Waals surface area contributed by atoms with E-state index in [2.05, 4.69) is 23.4 Å². The van der Waals surface area contributed by atoms with E-state index in [1.54, 1.807) is 0 Å². The molecule has 0 radical (unpaired) electrons. The van der Waals surface area contributed by atoms with Gasteiger partial charge in [-0.1, -0.05) is 123 Å². The van der Waals surface area contributed by atoms with Crippen molar-refractivity contribution < 1.29 is 17.4 Å². The zero-order valence-electron chi connectivity index (χ0n) is 18.9. The van der Waals surface area contributed by atoms with Crippen molar-refractivity contribution in [3.05, 3.63) is 12.7 Å². The molecule has 6 heteroatoms. The average Bonchev–Trinajstić information content (AvgIpc) is 2.70. The van der Waals surface area contributed by atoms with E-state index in [0.29, 0.717) is 6.61 Å². The molecule has 0 aliphatic carbocycles. The van der Waals surface area contributed by atoms with Crippen LogP contribution in [0.5, 0.6) is 0 Å². The molecule has 174 valence electrons. The van der Waals surface area contributed by atoms with Gasteiger partial charge in [0.1, 0.15) is 0 Å². The van der Waals surface area contributed by atoms with E-state index in [0.717, 1.165) is 18.9 Å². The zero-order valence-corrected chi connectivity index (χ0v) is 19.8. The van der Waals surface area contributed by atoms with Gasteiger partial charge < -0.3 is 5.73 Å². The summed E-state index contributed by atoms with van der Waals surface area (Å²) in [6.07, 6.45) is 25.2. The highest BCUT2D eigenvalue weighted by molar-refractivity contribution is 7.67. The number of carbonyl (C=O) groups excluding carboxylic acids is 1. The molecule has 0 fully saturated rings. The van der Waals surface area contributed by atoms with Gasteiger partial charge in [-0.2, -0.15) is 0 Å². The van der Waals surface area contributed by atoms with Gasteiger partial charge in [-0.05, 0) is 12.5 Å². The largest absolute Gasteiger partial charge is 0.366 e. The molecule has 0 saturated heterocycles. The Hall–Kier alpha value is -0.880. The van der Waals surface area contributed by atoms with Crippen molar-refractivity contribution in [1.82, 2.24) is 0 Å². The number of amides is 1. The Kier molecular flexibility index (Phi) is 28.3. The van der Waals surface area contributed by atoms with Gasteiger partial charge in [0.2, 0.25) is 5.91 Å². The van der Waals surface area contributed by atoms with Crippen LogP contribution in [0.3, 0.4) is 0 Å². The molecular weight excluding hydrogens is 386 g/mol. The average molecular weight is 434 g/mol. The summed E-state index contributed by atoms with van der Waals surface area (Å²) in [6.45, 7) is 5.72. The number of thiol groups is 1. The Bertz CT molecular complexity index is 417. The fourth-order valence-electron chi connectivity index (χ4n) is 3.14. The first-order valence-corrected chi connectivity index (χ1v) is 12.8. The van der Waals surface area contributed by atoms with Crippen LogP contribution < -0.4 is 5.73 Å². The van der Waals surface area contributed by atoms with E-state index in [4.69, 9.17) is 0 Å². The maximum Gasteiger partial charge on any atom is 0.257 e. The van der Waals surface area contributed by atoms with Crippen LogP contribution in [0.4, 0.5) is 0 Å². The summed E-state index contributed by atoms with van der Waals surface area (Å²) in [4.78, 5) is 9.47. The third kappa shape index (κ3) is 35.0. The lowest BCUT2D eigenvalue weighted by Gasteiger charge is -2.03. The van der Waals surface area contributed by atoms with Gasteiger partial charge in [0.15, 0.2) is 0 Å². The van der Waals surface area contributed by atoms with Crippen molar-refractivity contribution >= 4 is 16.9 Å². The minimum atomic E-state index is -2.65. The Morgan fingerprint density at radius 2 is 1.00 bits per heavy atom. The second kappa shape index (κ2) is 27.1. The maximum absolute atomic E-state index is 10.2. The molecule has 0 aromatic carbocycles. The van der Waals surface area contributed by atoms with Crippen LogP contribution in [0, 0.1) is 0 Å². The number of nitrogens with two attached hydrogens (primary N) is 1. The van der Waals surface area contributed by atoms with Crippen LogP contribution in [0.25, 0.3) is 0 Å². The SMILES string of the molecule is C=CC(N)=O.CCCCCCCCCCCCCCCCCCCCO[SH](=O)=O. The van der Waals surface area contributed by atoms with Crippen LogP contribution in [0.2, 0.25) is 0 Å². The fraction of sp³-hybridized carbons (Fsp3) is 0.870. The van der Waals surface area contributed by atoms with Crippen molar-refractivity contribution in [2.45, 2.75) is 122 Å². The smallest absolute Gasteiger partial charge is 0.257 e. The van der Waals surface area contributed by atoms with Gasteiger partial charge in [-0.3, -0.25) is 8.98 Å². The quantitative estimate of drug-likeness (QED) is 0.128. The Morgan fingerprint density at radius 1 is 0.724 bits per heavy atom. The summed E-state index contributed by atoms with van der Waals surface area (Å²) >= 11 is 0. The van der Waals surface area contributed by atoms with Gasteiger partial charge in [-0.25, -0.2) is 8.42 Å². The molecule has 29 heavy (non-hydrogen) atoms. The molecule has 0 heterocycles. The second-order valence-corrected chi connectivity index (χ2v) is 8.38. The van der Waals surface area contributed by atoms with E-state index < -0.39 is 16.9 Å². The first-order valence-electron chi connectivity index (χ1n) is 11.7. The van der Waals surface area contributed by atoms with Crippen LogP contribution in [-0.2, 0) is 20.0 Å². The summed E-state index contributed by atoms with van der Waals surface area (Å²) in [6, 6.07) is 0. The monoisotopic (exact) mass is 433 g/mol.